The zero-order valence-electron chi connectivity index (χ0n) is 11.5. The van der Waals surface area contributed by atoms with Crippen molar-refractivity contribution in [1.29, 1.82) is 0 Å². The summed E-state index contributed by atoms with van der Waals surface area (Å²) in [5, 5.41) is 0. The molecular weight excluding hydrogens is 293 g/mol. The predicted molar refractivity (Wildman–Crippen MR) is 78.6 cm³/mol. The van der Waals surface area contributed by atoms with Crippen molar-refractivity contribution in [3.8, 4) is 0 Å². The van der Waals surface area contributed by atoms with E-state index in [9.17, 15) is 12.8 Å². The van der Waals surface area contributed by atoms with Crippen LogP contribution >= 0.6 is 0 Å². The molecule has 0 unspecified atom stereocenters. The van der Waals surface area contributed by atoms with Crippen LogP contribution in [0.25, 0.3) is 0 Å². The molecule has 0 aliphatic heterocycles. The topological polar surface area (TPSA) is 76.3 Å². The fourth-order valence-electron chi connectivity index (χ4n) is 1.85. The van der Waals surface area contributed by atoms with Crippen LogP contribution in [0.15, 0.2) is 47.5 Å². The molecule has 0 radical (unpaired) electrons. The van der Waals surface area contributed by atoms with E-state index in [0.29, 0.717) is 6.42 Å². The highest BCUT2D eigenvalue weighted by atomic mass is 32.2. The largest absolute Gasteiger partial charge is 0.395 e. The molecule has 0 spiro atoms. The second kappa shape index (κ2) is 6.19. The fraction of sp³-hybridized carbons (Fsp3) is 0.214. The summed E-state index contributed by atoms with van der Waals surface area (Å²) < 4.78 is 39.3. The molecule has 0 aliphatic carbocycles. The minimum Gasteiger partial charge on any atom is -0.395 e. The summed E-state index contributed by atoms with van der Waals surface area (Å²) >= 11 is 0. The first-order valence-electron chi connectivity index (χ1n) is 6.33. The summed E-state index contributed by atoms with van der Waals surface area (Å²) in [6.45, 7) is 0.231. The number of sulfonamides is 1. The SMILES string of the molecule is CN(CCc1ccccn1)S(=O)(=O)c1cccc(F)c1N. The molecule has 0 amide bonds. The van der Waals surface area contributed by atoms with E-state index in [1.54, 1.807) is 12.3 Å². The number of nitrogen functional groups attached to an aromatic ring is 1. The second-order valence-electron chi connectivity index (χ2n) is 4.55. The number of nitrogens with zero attached hydrogens (tertiary/aromatic N) is 2. The molecule has 0 aliphatic rings. The molecule has 0 saturated carbocycles. The highest BCUT2D eigenvalue weighted by Crippen LogP contribution is 2.23. The van der Waals surface area contributed by atoms with Gasteiger partial charge in [0.2, 0.25) is 10.0 Å². The van der Waals surface area contributed by atoms with Crippen LogP contribution in [0.3, 0.4) is 0 Å². The lowest BCUT2D eigenvalue weighted by Crippen LogP contribution is -2.30. The highest BCUT2D eigenvalue weighted by Gasteiger charge is 2.24. The van der Waals surface area contributed by atoms with E-state index in [0.717, 1.165) is 16.1 Å². The van der Waals surface area contributed by atoms with Crippen molar-refractivity contribution >= 4 is 15.7 Å². The van der Waals surface area contributed by atoms with E-state index in [-0.39, 0.29) is 17.1 Å². The summed E-state index contributed by atoms with van der Waals surface area (Å²) in [6.07, 6.45) is 2.11. The Morgan fingerprint density at radius 2 is 2.00 bits per heavy atom. The lowest BCUT2D eigenvalue weighted by molar-refractivity contribution is 0.470. The molecule has 0 fully saturated rings. The van der Waals surface area contributed by atoms with Gasteiger partial charge in [-0.05, 0) is 24.3 Å². The van der Waals surface area contributed by atoms with Crippen molar-refractivity contribution < 1.29 is 12.8 Å². The third-order valence-electron chi connectivity index (χ3n) is 3.11. The molecule has 1 heterocycles. The van der Waals surface area contributed by atoms with Crippen molar-refractivity contribution in [1.82, 2.24) is 9.29 Å². The Morgan fingerprint density at radius 3 is 2.67 bits per heavy atom. The minimum absolute atomic E-state index is 0.217. The molecule has 2 N–H and O–H groups in total. The molecule has 112 valence electrons. The standard InChI is InChI=1S/C14H16FN3O2S/c1-18(10-8-11-5-2-3-9-17-11)21(19,20)13-7-4-6-12(15)14(13)16/h2-7,9H,8,10,16H2,1H3. The van der Waals surface area contributed by atoms with Crippen LogP contribution in [0.4, 0.5) is 10.1 Å². The van der Waals surface area contributed by atoms with Crippen LogP contribution in [-0.4, -0.2) is 31.3 Å². The molecule has 1 aromatic carbocycles. The Hall–Kier alpha value is -1.99. The van der Waals surface area contributed by atoms with Gasteiger partial charge in [-0.15, -0.1) is 0 Å². The Morgan fingerprint density at radius 1 is 1.24 bits per heavy atom. The van der Waals surface area contributed by atoms with E-state index in [4.69, 9.17) is 5.73 Å². The number of benzene rings is 1. The Kier molecular flexibility index (Phi) is 4.54. The smallest absolute Gasteiger partial charge is 0.244 e. The van der Waals surface area contributed by atoms with Crippen molar-refractivity contribution in [2.24, 2.45) is 0 Å². The van der Waals surface area contributed by atoms with Crippen LogP contribution in [0.5, 0.6) is 0 Å². The number of halogens is 1. The van der Waals surface area contributed by atoms with Gasteiger partial charge in [0.1, 0.15) is 10.7 Å². The van der Waals surface area contributed by atoms with Gasteiger partial charge in [0.25, 0.3) is 0 Å². The van der Waals surface area contributed by atoms with E-state index in [2.05, 4.69) is 4.98 Å². The maximum absolute atomic E-state index is 13.4. The van der Waals surface area contributed by atoms with Gasteiger partial charge in [-0.3, -0.25) is 4.98 Å². The van der Waals surface area contributed by atoms with Gasteiger partial charge in [-0.25, -0.2) is 17.1 Å². The zero-order valence-corrected chi connectivity index (χ0v) is 12.3. The molecule has 0 saturated heterocycles. The molecule has 2 aromatic rings. The number of aromatic nitrogens is 1. The monoisotopic (exact) mass is 309 g/mol. The van der Waals surface area contributed by atoms with Crippen molar-refractivity contribution in [3.63, 3.8) is 0 Å². The Balaban J connectivity index is 2.17. The van der Waals surface area contributed by atoms with Crippen LogP contribution in [0.1, 0.15) is 5.69 Å². The molecule has 0 bridgehead atoms. The number of nitrogens with two attached hydrogens (primary N) is 1. The number of anilines is 1. The van der Waals surface area contributed by atoms with Crippen LogP contribution in [0.2, 0.25) is 0 Å². The summed E-state index contributed by atoms with van der Waals surface area (Å²) in [5.41, 5.74) is 5.95. The van der Waals surface area contributed by atoms with Crippen molar-refractivity contribution in [3.05, 3.63) is 54.1 Å². The number of hydrogen-bond donors (Lipinski definition) is 1. The zero-order chi connectivity index (χ0) is 15.5. The number of rotatable bonds is 5. The summed E-state index contributed by atoms with van der Waals surface area (Å²) in [7, 11) is -2.39. The van der Waals surface area contributed by atoms with Crippen molar-refractivity contribution in [2.45, 2.75) is 11.3 Å². The average molecular weight is 309 g/mol. The van der Waals surface area contributed by atoms with Gasteiger partial charge in [0.15, 0.2) is 0 Å². The van der Waals surface area contributed by atoms with Crippen LogP contribution < -0.4 is 5.73 Å². The number of hydrogen-bond acceptors (Lipinski definition) is 4. The Labute approximate surface area is 123 Å². The highest BCUT2D eigenvalue weighted by molar-refractivity contribution is 7.89. The first-order valence-corrected chi connectivity index (χ1v) is 7.77. The van der Waals surface area contributed by atoms with E-state index < -0.39 is 15.8 Å². The molecule has 5 nitrogen and oxygen atoms in total. The average Bonchev–Trinajstić information content (AvgIpc) is 2.48. The third kappa shape index (κ3) is 3.37. The van der Waals surface area contributed by atoms with E-state index in [1.807, 2.05) is 12.1 Å². The van der Waals surface area contributed by atoms with Gasteiger partial charge in [-0.2, -0.15) is 0 Å². The van der Waals surface area contributed by atoms with Gasteiger partial charge < -0.3 is 5.73 Å². The van der Waals surface area contributed by atoms with E-state index >= 15 is 0 Å². The first kappa shape index (κ1) is 15.4. The second-order valence-corrected chi connectivity index (χ2v) is 6.56. The third-order valence-corrected chi connectivity index (χ3v) is 5.03. The van der Waals surface area contributed by atoms with Crippen LogP contribution in [-0.2, 0) is 16.4 Å². The minimum atomic E-state index is -3.82. The van der Waals surface area contributed by atoms with Gasteiger partial charge in [0.05, 0.1) is 5.69 Å². The fourth-order valence-corrected chi connectivity index (χ4v) is 3.14. The molecular formula is C14H16FN3O2S. The van der Waals surface area contributed by atoms with Crippen LogP contribution in [0, 0.1) is 5.82 Å². The number of likely N-dealkylation sites (N-methyl/N-ethyl adjacent to an activating group) is 1. The Bertz CT molecular complexity index is 720. The molecule has 2 rings (SSSR count). The van der Waals surface area contributed by atoms with Crippen molar-refractivity contribution in [2.75, 3.05) is 19.3 Å². The number of para-hydroxylation sites is 1. The summed E-state index contributed by atoms with van der Waals surface area (Å²) in [4.78, 5) is 3.91. The van der Waals surface area contributed by atoms with Gasteiger partial charge >= 0.3 is 0 Å². The maximum Gasteiger partial charge on any atom is 0.244 e. The summed E-state index contributed by atoms with van der Waals surface area (Å²) in [6, 6.07) is 9.19. The molecule has 7 heteroatoms. The number of pyridine rings is 1. The molecule has 21 heavy (non-hydrogen) atoms. The molecule has 1 aromatic heterocycles. The quantitative estimate of drug-likeness (QED) is 0.852. The lowest BCUT2D eigenvalue weighted by Gasteiger charge is -2.18. The maximum atomic E-state index is 13.4. The van der Waals surface area contributed by atoms with Gasteiger partial charge in [0, 0.05) is 31.9 Å². The lowest BCUT2D eigenvalue weighted by atomic mass is 10.3. The molecule has 0 atom stereocenters. The van der Waals surface area contributed by atoms with Gasteiger partial charge in [-0.1, -0.05) is 12.1 Å². The normalized spacial score (nSPS) is 11.8. The first-order chi connectivity index (χ1) is 9.93. The predicted octanol–water partition coefficient (Wildman–Crippen LogP) is 1.67. The van der Waals surface area contributed by atoms with E-state index in [1.165, 1.54) is 19.2 Å². The summed E-state index contributed by atoms with van der Waals surface area (Å²) in [5.74, 6) is -0.741.